The fourth-order valence-electron chi connectivity index (χ4n) is 3.79. The van der Waals surface area contributed by atoms with Gasteiger partial charge in [0.15, 0.2) is 0 Å². The first kappa shape index (κ1) is 16.5. The van der Waals surface area contributed by atoms with Crippen molar-refractivity contribution >= 4 is 5.84 Å². The second-order valence-corrected chi connectivity index (χ2v) is 8.45. The van der Waals surface area contributed by atoms with Crippen LogP contribution >= 0.6 is 0 Å². The average Bonchev–Trinajstić information content (AvgIpc) is 2.47. The van der Waals surface area contributed by atoms with Crippen molar-refractivity contribution in [2.24, 2.45) is 4.99 Å². The van der Waals surface area contributed by atoms with E-state index in [4.69, 9.17) is 4.99 Å². The van der Waals surface area contributed by atoms with E-state index in [9.17, 15) is 0 Å². The van der Waals surface area contributed by atoms with E-state index < -0.39 is 0 Å². The van der Waals surface area contributed by atoms with E-state index in [0.717, 1.165) is 5.84 Å². The van der Waals surface area contributed by atoms with Gasteiger partial charge in [-0.25, -0.2) is 0 Å². The minimum absolute atomic E-state index is 0.00791. The van der Waals surface area contributed by atoms with E-state index >= 15 is 0 Å². The normalized spacial score (nSPS) is 31.3. The molecule has 3 heteroatoms. The Morgan fingerprint density at radius 3 is 2.43 bits per heavy atom. The van der Waals surface area contributed by atoms with Crippen LogP contribution in [0.3, 0.4) is 0 Å². The van der Waals surface area contributed by atoms with Gasteiger partial charge in [0.05, 0.1) is 11.6 Å². The third kappa shape index (κ3) is 3.45. The van der Waals surface area contributed by atoms with Gasteiger partial charge in [-0.05, 0) is 53.0 Å². The second-order valence-electron chi connectivity index (χ2n) is 8.45. The summed E-state index contributed by atoms with van der Waals surface area (Å²) in [6, 6.07) is 9.80. The van der Waals surface area contributed by atoms with Gasteiger partial charge in [0.2, 0.25) is 0 Å². The zero-order valence-electron chi connectivity index (χ0n) is 15.2. The minimum atomic E-state index is -0.237. The summed E-state index contributed by atoms with van der Waals surface area (Å²) in [6.07, 6.45) is 5.06. The molecular weight excluding hydrogens is 282 g/mol. The second kappa shape index (κ2) is 5.94. The molecular formula is C20H31N3. The smallest absolute Gasteiger partial charge is 0.122 e. The fraction of sp³-hybridized carbons (Fsp3) is 0.650. The van der Waals surface area contributed by atoms with Crippen LogP contribution in [0.5, 0.6) is 0 Å². The van der Waals surface area contributed by atoms with Crippen LogP contribution in [-0.2, 0) is 5.54 Å². The number of nitrogens with zero attached hydrogens (tertiary/aromatic N) is 1. The maximum Gasteiger partial charge on any atom is 0.122 e. The average molecular weight is 313 g/mol. The summed E-state index contributed by atoms with van der Waals surface area (Å²) in [5.74, 6) is 1.09. The van der Waals surface area contributed by atoms with E-state index in [1.165, 1.54) is 36.8 Å². The molecule has 3 rings (SSSR count). The molecule has 3 nitrogen and oxygen atoms in total. The number of amidine groups is 1. The van der Waals surface area contributed by atoms with Crippen molar-refractivity contribution in [3.63, 3.8) is 0 Å². The lowest BCUT2D eigenvalue weighted by atomic mass is 9.81. The van der Waals surface area contributed by atoms with Gasteiger partial charge in [0, 0.05) is 11.6 Å². The number of fused-ring (bicyclic) bond motifs is 1. The van der Waals surface area contributed by atoms with Gasteiger partial charge in [0.25, 0.3) is 0 Å². The molecule has 2 aliphatic rings. The third-order valence-electron chi connectivity index (χ3n) is 5.09. The highest BCUT2D eigenvalue weighted by atomic mass is 15.2. The maximum absolute atomic E-state index is 5.18. The first-order valence-electron chi connectivity index (χ1n) is 8.99. The van der Waals surface area contributed by atoms with E-state index in [1.54, 1.807) is 0 Å². The molecule has 0 radical (unpaired) electrons. The van der Waals surface area contributed by atoms with Gasteiger partial charge in [-0.3, -0.25) is 10.3 Å². The van der Waals surface area contributed by atoms with Crippen LogP contribution in [0.2, 0.25) is 0 Å². The molecule has 0 amide bonds. The van der Waals surface area contributed by atoms with Crippen molar-refractivity contribution in [3.05, 3.63) is 35.4 Å². The Bertz CT molecular complexity index is 582. The van der Waals surface area contributed by atoms with Gasteiger partial charge >= 0.3 is 0 Å². The maximum atomic E-state index is 5.18. The van der Waals surface area contributed by atoms with E-state index in [0.29, 0.717) is 12.1 Å². The van der Waals surface area contributed by atoms with Gasteiger partial charge in [0.1, 0.15) is 5.84 Å². The van der Waals surface area contributed by atoms with Gasteiger partial charge in [-0.15, -0.1) is 0 Å². The molecule has 1 aliphatic heterocycles. The Morgan fingerprint density at radius 1 is 1.13 bits per heavy atom. The van der Waals surface area contributed by atoms with Crippen molar-refractivity contribution in [2.75, 3.05) is 0 Å². The summed E-state index contributed by atoms with van der Waals surface area (Å²) >= 11 is 0. The molecule has 3 unspecified atom stereocenters. The standard InChI is InChI=1S/C20H31N3/c1-14-10-12-15(13-11-14)20(5)18(23-19(2,3)4)21-16-8-6-7-9-17(16)22-20/h10-13,16-17,22H,6-9H2,1-5H3,(H,21,23). The Balaban J connectivity index is 2.01. The Morgan fingerprint density at radius 2 is 1.78 bits per heavy atom. The molecule has 0 saturated heterocycles. The number of aryl methyl sites for hydroxylation is 1. The van der Waals surface area contributed by atoms with Gasteiger partial charge < -0.3 is 5.32 Å². The van der Waals surface area contributed by atoms with E-state index in [-0.39, 0.29) is 11.1 Å². The summed E-state index contributed by atoms with van der Waals surface area (Å²) in [6.45, 7) is 11.0. The highest BCUT2D eigenvalue weighted by Crippen LogP contribution is 2.33. The van der Waals surface area contributed by atoms with Crippen LogP contribution in [0, 0.1) is 6.92 Å². The molecule has 1 fully saturated rings. The number of benzene rings is 1. The first-order chi connectivity index (χ1) is 10.8. The lowest BCUT2D eigenvalue weighted by Gasteiger charge is -2.46. The molecule has 0 aromatic heterocycles. The lowest BCUT2D eigenvalue weighted by molar-refractivity contribution is 0.256. The molecule has 1 aliphatic carbocycles. The van der Waals surface area contributed by atoms with Crippen LogP contribution in [0.4, 0.5) is 0 Å². The molecule has 3 atom stereocenters. The van der Waals surface area contributed by atoms with Crippen LogP contribution < -0.4 is 10.6 Å². The topological polar surface area (TPSA) is 36.4 Å². The molecule has 2 N–H and O–H groups in total. The Hall–Kier alpha value is -1.35. The van der Waals surface area contributed by atoms with E-state index in [1.807, 2.05) is 0 Å². The Kier molecular flexibility index (Phi) is 4.26. The number of nitrogens with one attached hydrogen (secondary N) is 2. The van der Waals surface area contributed by atoms with Crippen LogP contribution in [-0.4, -0.2) is 23.5 Å². The molecule has 23 heavy (non-hydrogen) atoms. The SMILES string of the molecule is Cc1ccc(C2(C)NC3CCCCC3N=C2NC(C)(C)C)cc1. The quantitative estimate of drug-likeness (QED) is 0.824. The lowest BCUT2D eigenvalue weighted by Crippen LogP contribution is -2.64. The molecule has 0 bridgehead atoms. The molecule has 126 valence electrons. The van der Waals surface area contributed by atoms with Gasteiger partial charge in [-0.1, -0.05) is 42.7 Å². The summed E-state index contributed by atoms with van der Waals surface area (Å²) in [7, 11) is 0. The number of hydrogen-bond donors (Lipinski definition) is 2. The third-order valence-corrected chi connectivity index (χ3v) is 5.09. The first-order valence-corrected chi connectivity index (χ1v) is 8.99. The number of rotatable bonds is 1. The highest BCUT2D eigenvalue weighted by Gasteiger charge is 2.43. The predicted molar refractivity (Wildman–Crippen MR) is 98.0 cm³/mol. The van der Waals surface area contributed by atoms with Crippen molar-refractivity contribution < 1.29 is 0 Å². The largest absolute Gasteiger partial charge is 0.367 e. The zero-order valence-corrected chi connectivity index (χ0v) is 15.2. The monoisotopic (exact) mass is 313 g/mol. The van der Waals surface area contributed by atoms with Gasteiger partial charge in [-0.2, -0.15) is 0 Å². The van der Waals surface area contributed by atoms with Crippen LogP contribution in [0.1, 0.15) is 64.5 Å². The molecule has 1 aromatic carbocycles. The molecule has 1 heterocycles. The zero-order chi connectivity index (χ0) is 16.7. The minimum Gasteiger partial charge on any atom is -0.367 e. The van der Waals surface area contributed by atoms with Crippen molar-refractivity contribution in [2.45, 2.75) is 83.5 Å². The summed E-state index contributed by atoms with van der Waals surface area (Å²) < 4.78 is 0. The summed E-state index contributed by atoms with van der Waals surface area (Å²) in [5.41, 5.74) is 2.36. The van der Waals surface area contributed by atoms with Crippen molar-refractivity contribution in [1.29, 1.82) is 0 Å². The highest BCUT2D eigenvalue weighted by molar-refractivity contribution is 5.93. The summed E-state index contributed by atoms with van der Waals surface area (Å²) in [4.78, 5) is 5.18. The molecule has 0 spiro atoms. The summed E-state index contributed by atoms with van der Waals surface area (Å²) in [5, 5.41) is 7.63. The number of hydrogen-bond acceptors (Lipinski definition) is 3. The Labute approximate surface area is 141 Å². The van der Waals surface area contributed by atoms with Crippen molar-refractivity contribution in [1.82, 2.24) is 10.6 Å². The molecule has 1 saturated carbocycles. The molecule has 1 aromatic rings. The van der Waals surface area contributed by atoms with Crippen LogP contribution in [0.25, 0.3) is 0 Å². The van der Waals surface area contributed by atoms with Crippen molar-refractivity contribution in [3.8, 4) is 0 Å². The fourth-order valence-corrected chi connectivity index (χ4v) is 3.79. The predicted octanol–water partition coefficient (Wildman–Crippen LogP) is 3.91. The number of aliphatic imine (C=N–C) groups is 1. The van der Waals surface area contributed by atoms with Crippen LogP contribution in [0.15, 0.2) is 29.3 Å². The van der Waals surface area contributed by atoms with E-state index in [2.05, 4.69) is 69.5 Å².